The average Bonchev–Trinajstić information content (AvgIpc) is 2.83. The van der Waals surface area contributed by atoms with Crippen LogP contribution < -0.4 is 10.1 Å². The Labute approximate surface area is 117 Å². The number of aromatic nitrogens is 2. The molecule has 0 saturated heterocycles. The molecule has 0 radical (unpaired) electrons. The molecule has 2 heterocycles. The molecule has 0 saturated carbocycles. The monoisotopic (exact) mass is 277 g/mol. The van der Waals surface area contributed by atoms with Gasteiger partial charge in [0, 0.05) is 29.6 Å². The predicted molar refractivity (Wildman–Crippen MR) is 77.7 cm³/mol. The van der Waals surface area contributed by atoms with E-state index in [-0.39, 0.29) is 0 Å². The van der Waals surface area contributed by atoms with Gasteiger partial charge in [0.25, 0.3) is 0 Å². The highest BCUT2D eigenvalue weighted by Gasteiger charge is 2.06. The fourth-order valence-corrected chi connectivity index (χ4v) is 2.52. The van der Waals surface area contributed by atoms with E-state index in [9.17, 15) is 0 Å². The zero-order valence-corrected chi connectivity index (χ0v) is 12.2. The molecule has 2 rings (SSSR count). The topological polar surface area (TPSA) is 47.0 Å². The van der Waals surface area contributed by atoms with Gasteiger partial charge in [-0.2, -0.15) is 0 Å². The van der Waals surface area contributed by atoms with E-state index in [0.29, 0.717) is 6.61 Å². The number of hydrogen-bond donors (Lipinski definition) is 1. The summed E-state index contributed by atoms with van der Waals surface area (Å²) in [6, 6.07) is 3.98. The quantitative estimate of drug-likeness (QED) is 0.845. The number of aryl methyl sites for hydroxylation is 1. The van der Waals surface area contributed by atoms with Gasteiger partial charge in [-0.1, -0.05) is 13.0 Å². The minimum absolute atomic E-state index is 0.638. The third-order valence-corrected chi connectivity index (χ3v) is 3.82. The molecule has 5 heteroatoms. The molecular weight excluding hydrogens is 258 g/mol. The lowest BCUT2D eigenvalue weighted by Crippen LogP contribution is -2.14. The summed E-state index contributed by atoms with van der Waals surface area (Å²) in [5.74, 6) is 0.727. The number of rotatable bonds is 7. The Morgan fingerprint density at radius 2 is 2.26 bits per heavy atom. The first-order valence-corrected chi connectivity index (χ1v) is 7.35. The molecule has 0 fully saturated rings. The summed E-state index contributed by atoms with van der Waals surface area (Å²) in [7, 11) is 0. The molecule has 0 amide bonds. The van der Waals surface area contributed by atoms with Crippen LogP contribution in [0.15, 0.2) is 23.8 Å². The molecule has 1 N–H and O–H groups in total. The van der Waals surface area contributed by atoms with E-state index in [4.69, 9.17) is 4.74 Å². The number of thiazole rings is 1. The van der Waals surface area contributed by atoms with Crippen LogP contribution in [0.1, 0.15) is 23.1 Å². The van der Waals surface area contributed by atoms with E-state index < -0.39 is 0 Å². The molecule has 0 atom stereocenters. The molecule has 0 aliphatic rings. The minimum Gasteiger partial charge on any atom is -0.477 e. The molecule has 0 bridgehead atoms. The first-order valence-electron chi connectivity index (χ1n) is 6.47. The van der Waals surface area contributed by atoms with Crippen molar-refractivity contribution in [2.24, 2.45) is 0 Å². The van der Waals surface area contributed by atoms with Crippen molar-refractivity contribution in [1.29, 1.82) is 0 Å². The minimum atomic E-state index is 0.638. The van der Waals surface area contributed by atoms with E-state index in [1.165, 1.54) is 4.88 Å². The van der Waals surface area contributed by atoms with Crippen LogP contribution in [0.3, 0.4) is 0 Å². The fourth-order valence-electron chi connectivity index (χ4n) is 1.75. The van der Waals surface area contributed by atoms with Gasteiger partial charge in [-0.25, -0.2) is 9.97 Å². The van der Waals surface area contributed by atoms with Gasteiger partial charge in [-0.05, 0) is 19.5 Å². The van der Waals surface area contributed by atoms with Crippen LogP contribution in [-0.4, -0.2) is 23.1 Å². The summed E-state index contributed by atoms with van der Waals surface area (Å²) >= 11 is 1.68. The largest absolute Gasteiger partial charge is 0.477 e. The van der Waals surface area contributed by atoms with Crippen LogP contribution in [0.4, 0.5) is 0 Å². The van der Waals surface area contributed by atoms with Crippen LogP contribution in [0.2, 0.25) is 0 Å². The van der Waals surface area contributed by atoms with E-state index in [0.717, 1.165) is 36.6 Å². The Kier molecular flexibility index (Phi) is 5.30. The van der Waals surface area contributed by atoms with Gasteiger partial charge in [0.1, 0.15) is 0 Å². The number of ether oxygens (including phenoxy) is 1. The molecule has 0 aromatic carbocycles. The Morgan fingerprint density at radius 3 is 3.00 bits per heavy atom. The molecular formula is C14H19N3OS. The molecule has 102 valence electrons. The standard InChI is InChI=1S/C14H19N3OS/c1-3-15-9-12-5-4-7-16-14(12)18-8-6-13-11(2)17-10-19-13/h4-5,7,10,15H,3,6,8-9H2,1-2H3. The maximum atomic E-state index is 5.79. The zero-order chi connectivity index (χ0) is 13.5. The van der Waals surface area contributed by atoms with Crippen LogP contribution in [0.25, 0.3) is 0 Å². The Balaban J connectivity index is 1.90. The predicted octanol–water partition coefficient (Wildman–Crippen LogP) is 2.58. The first-order chi connectivity index (χ1) is 9.31. The zero-order valence-electron chi connectivity index (χ0n) is 11.3. The molecule has 2 aromatic heterocycles. The normalized spacial score (nSPS) is 10.6. The number of nitrogens with zero attached hydrogens (tertiary/aromatic N) is 2. The highest BCUT2D eigenvalue weighted by Crippen LogP contribution is 2.16. The first kappa shape index (κ1) is 14.0. The van der Waals surface area contributed by atoms with Crippen molar-refractivity contribution >= 4 is 11.3 Å². The molecule has 0 aliphatic carbocycles. The third-order valence-electron chi connectivity index (χ3n) is 2.83. The van der Waals surface area contributed by atoms with Crippen LogP contribution in [0, 0.1) is 6.92 Å². The number of hydrogen-bond acceptors (Lipinski definition) is 5. The molecule has 0 spiro atoms. The second-order valence-corrected chi connectivity index (χ2v) is 5.15. The maximum Gasteiger partial charge on any atom is 0.217 e. The fraction of sp³-hybridized carbons (Fsp3) is 0.429. The smallest absolute Gasteiger partial charge is 0.217 e. The van der Waals surface area contributed by atoms with Gasteiger partial charge >= 0.3 is 0 Å². The van der Waals surface area contributed by atoms with Crippen LogP contribution in [-0.2, 0) is 13.0 Å². The number of nitrogens with one attached hydrogen (secondary N) is 1. The Morgan fingerprint density at radius 1 is 1.37 bits per heavy atom. The molecule has 0 unspecified atom stereocenters. The Hall–Kier alpha value is -1.46. The number of pyridine rings is 1. The summed E-state index contributed by atoms with van der Waals surface area (Å²) < 4.78 is 5.79. The molecule has 4 nitrogen and oxygen atoms in total. The molecule has 2 aromatic rings. The molecule has 0 aliphatic heterocycles. The third kappa shape index (κ3) is 4.01. The summed E-state index contributed by atoms with van der Waals surface area (Å²) in [5.41, 5.74) is 4.08. The van der Waals surface area contributed by atoms with Gasteiger partial charge in [0.05, 0.1) is 17.8 Å². The maximum absolute atomic E-state index is 5.79. The van der Waals surface area contributed by atoms with Gasteiger partial charge in [-0.3, -0.25) is 0 Å². The van der Waals surface area contributed by atoms with Gasteiger partial charge in [0.15, 0.2) is 0 Å². The lowest BCUT2D eigenvalue weighted by Gasteiger charge is -2.10. The summed E-state index contributed by atoms with van der Waals surface area (Å²) in [6.45, 7) is 6.49. The van der Waals surface area contributed by atoms with Crippen molar-refractivity contribution in [2.75, 3.05) is 13.2 Å². The lowest BCUT2D eigenvalue weighted by molar-refractivity contribution is 0.306. The van der Waals surface area contributed by atoms with Crippen molar-refractivity contribution in [3.8, 4) is 5.88 Å². The Bertz CT molecular complexity index is 513. The SMILES string of the molecule is CCNCc1cccnc1OCCc1scnc1C. The van der Waals surface area contributed by atoms with Gasteiger partial charge < -0.3 is 10.1 Å². The van der Waals surface area contributed by atoms with Crippen molar-refractivity contribution in [2.45, 2.75) is 26.8 Å². The van der Waals surface area contributed by atoms with E-state index in [1.54, 1.807) is 17.5 Å². The van der Waals surface area contributed by atoms with E-state index >= 15 is 0 Å². The van der Waals surface area contributed by atoms with E-state index in [1.807, 2.05) is 24.6 Å². The summed E-state index contributed by atoms with van der Waals surface area (Å²) in [5, 5.41) is 3.29. The highest BCUT2D eigenvalue weighted by atomic mass is 32.1. The summed E-state index contributed by atoms with van der Waals surface area (Å²) in [4.78, 5) is 9.82. The van der Waals surface area contributed by atoms with Crippen molar-refractivity contribution in [3.63, 3.8) is 0 Å². The second kappa shape index (κ2) is 7.21. The van der Waals surface area contributed by atoms with Crippen LogP contribution in [0.5, 0.6) is 5.88 Å². The lowest BCUT2D eigenvalue weighted by atomic mass is 10.2. The van der Waals surface area contributed by atoms with Gasteiger partial charge in [0.2, 0.25) is 5.88 Å². The average molecular weight is 277 g/mol. The van der Waals surface area contributed by atoms with Crippen molar-refractivity contribution in [3.05, 3.63) is 40.0 Å². The highest BCUT2D eigenvalue weighted by molar-refractivity contribution is 7.09. The van der Waals surface area contributed by atoms with Crippen LogP contribution >= 0.6 is 11.3 Å². The van der Waals surface area contributed by atoms with Crippen molar-refractivity contribution < 1.29 is 4.74 Å². The summed E-state index contributed by atoms with van der Waals surface area (Å²) in [6.07, 6.45) is 2.65. The van der Waals surface area contributed by atoms with E-state index in [2.05, 4.69) is 22.2 Å². The van der Waals surface area contributed by atoms with Crippen molar-refractivity contribution in [1.82, 2.24) is 15.3 Å². The molecule has 19 heavy (non-hydrogen) atoms. The van der Waals surface area contributed by atoms with Gasteiger partial charge in [-0.15, -0.1) is 11.3 Å². The second-order valence-electron chi connectivity index (χ2n) is 4.21.